The Morgan fingerprint density at radius 1 is 1.00 bits per heavy atom. The van der Waals surface area contributed by atoms with Gasteiger partial charge < -0.3 is 0 Å². The maximum Gasteiger partial charge on any atom is 0.278 e. The second-order valence-corrected chi connectivity index (χ2v) is 6.16. The summed E-state index contributed by atoms with van der Waals surface area (Å²) in [6, 6.07) is 12.2. The molecular weight excluding hydrogens is 281 g/mol. The number of aromatic nitrogens is 1. The zero-order valence-corrected chi connectivity index (χ0v) is 10.8. The molecule has 1 aromatic heterocycles. The van der Waals surface area contributed by atoms with Crippen molar-refractivity contribution >= 4 is 31.3 Å². The number of rotatable bonds is 2. The van der Waals surface area contributed by atoms with Crippen LogP contribution in [0.25, 0.3) is 11.1 Å². The Morgan fingerprint density at radius 2 is 1.65 bits per heavy atom. The first-order valence-corrected chi connectivity index (χ1v) is 7.34. The molecule has 2 aromatic rings. The molecule has 0 spiro atoms. The van der Waals surface area contributed by atoms with Crippen LogP contribution in [-0.2, 0) is 9.05 Å². The molecule has 0 saturated carbocycles. The molecule has 0 bridgehead atoms. The second kappa shape index (κ2) is 4.64. The number of hydrogen-bond donors (Lipinski definition) is 0. The van der Waals surface area contributed by atoms with Crippen molar-refractivity contribution in [2.75, 3.05) is 0 Å². The third-order valence-electron chi connectivity index (χ3n) is 2.16. The molecule has 0 saturated heterocycles. The molecule has 88 valence electrons. The quantitative estimate of drug-likeness (QED) is 0.629. The van der Waals surface area contributed by atoms with Crippen LogP contribution in [0.3, 0.4) is 0 Å². The van der Waals surface area contributed by atoms with Gasteiger partial charge in [-0.1, -0.05) is 41.9 Å². The highest BCUT2D eigenvalue weighted by atomic mass is 35.7. The fraction of sp³-hybridized carbons (Fsp3) is 0. The summed E-state index contributed by atoms with van der Waals surface area (Å²) in [6.45, 7) is 0. The zero-order chi connectivity index (χ0) is 12.5. The van der Waals surface area contributed by atoms with Gasteiger partial charge in [0.15, 0.2) is 5.03 Å². The first-order chi connectivity index (χ1) is 7.98. The zero-order valence-electron chi connectivity index (χ0n) is 8.47. The third-order valence-corrected chi connectivity index (χ3v) is 3.65. The third kappa shape index (κ3) is 2.77. The molecule has 0 amide bonds. The lowest BCUT2D eigenvalue weighted by Gasteiger charge is -2.04. The summed E-state index contributed by atoms with van der Waals surface area (Å²) < 4.78 is 22.2. The van der Waals surface area contributed by atoms with Crippen molar-refractivity contribution < 1.29 is 8.42 Å². The van der Waals surface area contributed by atoms with Crippen LogP contribution in [0.1, 0.15) is 0 Å². The fourth-order valence-electron chi connectivity index (χ4n) is 1.39. The number of benzene rings is 1. The minimum atomic E-state index is -3.85. The first kappa shape index (κ1) is 12.4. The van der Waals surface area contributed by atoms with Gasteiger partial charge in [0, 0.05) is 16.2 Å². The summed E-state index contributed by atoms with van der Waals surface area (Å²) in [6.07, 6.45) is 0. The van der Waals surface area contributed by atoms with Crippen LogP contribution in [0, 0.1) is 0 Å². The standard InChI is InChI=1S/C11H7Cl2NO2S/c12-11-9(8-4-2-1-3-5-8)6-7-10(14-11)17(13,15)16/h1-7H. The van der Waals surface area contributed by atoms with Gasteiger partial charge in [-0.3, -0.25) is 0 Å². The van der Waals surface area contributed by atoms with E-state index in [0.29, 0.717) is 5.56 Å². The van der Waals surface area contributed by atoms with Gasteiger partial charge in [0.05, 0.1) is 0 Å². The SMILES string of the molecule is O=S(=O)(Cl)c1ccc(-c2ccccc2)c(Cl)n1. The first-order valence-electron chi connectivity index (χ1n) is 4.65. The number of nitrogens with zero attached hydrogens (tertiary/aromatic N) is 1. The van der Waals surface area contributed by atoms with Crippen LogP contribution in [0.2, 0.25) is 5.15 Å². The molecule has 17 heavy (non-hydrogen) atoms. The van der Waals surface area contributed by atoms with E-state index >= 15 is 0 Å². The molecule has 0 atom stereocenters. The maximum atomic E-state index is 11.1. The van der Waals surface area contributed by atoms with E-state index in [1.165, 1.54) is 6.07 Å². The number of halogens is 2. The average molecular weight is 288 g/mol. The van der Waals surface area contributed by atoms with E-state index < -0.39 is 9.05 Å². The van der Waals surface area contributed by atoms with Crippen molar-refractivity contribution in [1.82, 2.24) is 4.98 Å². The van der Waals surface area contributed by atoms with Crippen LogP contribution >= 0.6 is 22.3 Å². The van der Waals surface area contributed by atoms with Gasteiger partial charge in [0.1, 0.15) is 5.15 Å². The van der Waals surface area contributed by atoms with Crippen molar-refractivity contribution in [3.63, 3.8) is 0 Å². The Hall–Kier alpha value is -1.10. The lowest BCUT2D eigenvalue weighted by Crippen LogP contribution is -1.96. The molecule has 1 heterocycles. The molecule has 0 unspecified atom stereocenters. The van der Waals surface area contributed by atoms with Crippen LogP contribution in [0.4, 0.5) is 0 Å². The van der Waals surface area contributed by atoms with Crippen molar-refractivity contribution in [2.45, 2.75) is 5.03 Å². The van der Waals surface area contributed by atoms with Gasteiger partial charge in [-0.15, -0.1) is 0 Å². The van der Waals surface area contributed by atoms with E-state index in [2.05, 4.69) is 4.98 Å². The van der Waals surface area contributed by atoms with Gasteiger partial charge >= 0.3 is 0 Å². The molecule has 0 aliphatic carbocycles. The molecule has 0 fully saturated rings. The fourth-order valence-corrected chi connectivity index (χ4v) is 2.39. The minimum Gasteiger partial charge on any atom is -0.223 e. The minimum absolute atomic E-state index is 0.109. The molecule has 0 radical (unpaired) electrons. The van der Waals surface area contributed by atoms with E-state index in [1.807, 2.05) is 30.3 Å². The van der Waals surface area contributed by atoms with Crippen molar-refractivity contribution in [3.8, 4) is 11.1 Å². The Bertz CT molecular complexity index is 642. The normalized spacial score (nSPS) is 11.4. The molecule has 0 aliphatic heterocycles. The topological polar surface area (TPSA) is 47.0 Å². The van der Waals surface area contributed by atoms with Crippen molar-refractivity contribution in [1.29, 1.82) is 0 Å². The van der Waals surface area contributed by atoms with E-state index in [4.69, 9.17) is 22.3 Å². The summed E-state index contributed by atoms with van der Waals surface area (Å²) in [5.41, 5.74) is 1.53. The molecular formula is C11H7Cl2NO2S. The number of hydrogen-bond acceptors (Lipinski definition) is 3. The van der Waals surface area contributed by atoms with E-state index in [0.717, 1.165) is 5.56 Å². The lowest BCUT2D eigenvalue weighted by molar-refractivity contribution is 0.606. The number of pyridine rings is 1. The largest absolute Gasteiger partial charge is 0.278 e. The highest BCUT2D eigenvalue weighted by molar-refractivity contribution is 8.13. The Balaban J connectivity index is 2.54. The maximum absolute atomic E-state index is 11.1. The Morgan fingerprint density at radius 3 is 2.18 bits per heavy atom. The molecule has 0 N–H and O–H groups in total. The van der Waals surface area contributed by atoms with E-state index in [1.54, 1.807) is 6.07 Å². The molecule has 6 heteroatoms. The van der Waals surface area contributed by atoms with Crippen molar-refractivity contribution in [2.24, 2.45) is 0 Å². The van der Waals surface area contributed by atoms with Gasteiger partial charge in [-0.05, 0) is 17.7 Å². The molecule has 0 aliphatic rings. The summed E-state index contributed by atoms with van der Waals surface area (Å²) in [5, 5.41) is -0.137. The summed E-state index contributed by atoms with van der Waals surface area (Å²) in [7, 11) is 1.33. The highest BCUT2D eigenvalue weighted by Crippen LogP contribution is 2.27. The van der Waals surface area contributed by atoms with Gasteiger partial charge in [0.2, 0.25) is 0 Å². The van der Waals surface area contributed by atoms with Gasteiger partial charge in [-0.25, -0.2) is 13.4 Å². The molecule has 3 nitrogen and oxygen atoms in total. The van der Waals surface area contributed by atoms with Crippen LogP contribution < -0.4 is 0 Å². The predicted octanol–water partition coefficient (Wildman–Crippen LogP) is 3.33. The molecule has 1 aromatic carbocycles. The summed E-state index contributed by atoms with van der Waals surface area (Å²) >= 11 is 5.94. The van der Waals surface area contributed by atoms with E-state index in [-0.39, 0.29) is 10.2 Å². The van der Waals surface area contributed by atoms with Gasteiger partial charge in [0.25, 0.3) is 9.05 Å². The summed E-state index contributed by atoms with van der Waals surface area (Å²) in [5.74, 6) is 0. The lowest BCUT2D eigenvalue weighted by atomic mass is 10.1. The Kier molecular flexibility index (Phi) is 3.38. The van der Waals surface area contributed by atoms with Crippen LogP contribution in [0.15, 0.2) is 47.5 Å². The summed E-state index contributed by atoms with van der Waals surface area (Å²) in [4.78, 5) is 3.77. The van der Waals surface area contributed by atoms with Crippen LogP contribution in [0.5, 0.6) is 0 Å². The van der Waals surface area contributed by atoms with Crippen molar-refractivity contribution in [3.05, 3.63) is 47.6 Å². The van der Waals surface area contributed by atoms with E-state index in [9.17, 15) is 8.42 Å². The molecule has 2 rings (SSSR count). The van der Waals surface area contributed by atoms with Gasteiger partial charge in [-0.2, -0.15) is 0 Å². The average Bonchev–Trinajstić information content (AvgIpc) is 2.29. The monoisotopic (exact) mass is 287 g/mol. The van der Waals surface area contributed by atoms with Crippen LogP contribution in [-0.4, -0.2) is 13.4 Å². The Labute approximate surface area is 108 Å². The second-order valence-electron chi connectivity index (χ2n) is 3.29. The predicted molar refractivity (Wildman–Crippen MR) is 67.7 cm³/mol. The smallest absolute Gasteiger partial charge is 0.223 e. The highest BCUT2D eigenvalue weighted by Gasteiger charge is 2.14.